The van der Waals surface area contributed by atoms with Crippen LogP contribution in [0, 0.1) is 23.2 Å². The summed E-state index contributed by atoms with van der Waals surface area (Å²) < 4.78 is 5.15. The lowest BCUT2D eigenvalue weighted by atomic mass is 9.94. The molecule has 1 aliphatic carbocycles. The molecule has 0 saturated heterocycles. The number of esters is 1. The van der Waals surface area contributed by atoms with Gasteiger partial charge < -0.3 is 10.1 Å². The first kappa shape index (κ1) is 15.5. The molecule has 2 rings (SSSR count). The Morgan fingerprint density at radius 1 is 1.43 bits per heavy atom. The first-order valence-electron chi connectivity index (χ1n) is 7.54. The smallest absolute Gasteiger partial charge is 0.311 e. The molecule has 21 heavy (non-hydrogen) atoms. The van der Waals surface area contributed by atoms with Gasteiger partial charge in [0.2, 0.25) is 0 Å². The minimum absolute atomic E-state index is 0.00362. The highest BCUT2D eigenvalue weighted by atomic mass is 16.5. The zero-order valence-corrected chi connectivity index (χ0v) is 12.6. The summed E-state index contributed by atoms with van der Waals surface area (Å²) in [6.45, 7) is 4.23. The van der Waals surface area contributed by atoms with E-state index in [-0.39, 0.29) is 29.9 Å². The Bertz CT molecular complexity index is 509. The Morgan fingerprint density at radius 2 is 2.14 bits per heavy atom. The van der Waals surface area contributed by atoms with E-state index in [2.05, 4.69) is 30.4 Å². The summed E-state index contributed by atoms with van der Waals surface area (Å²) in [5.41, 5.74) is 1.18. The summed E-state index contributed by atoms with van der Waals surface area (Å²) >= 11 is 0. The van der Waals surface area contributed by atoms with Crippen molar-refractivity contribution in [2.45, 2.75) is 38.8 Å². The second-order valence-electron chi connectivity index (χ2n) is 5.50. The third-order valence-electron chi connectivity index (χ3n) is 4.14. The fourth-order valence-corrected chi connectivity index (χ4v) is 3.06. The quantitative estimate of drug-likeness (QED) is 0.845. The van der Waals surface area contributed by atoms with Crippen LogP contribution in [0.1, 0.15) is 38.3 Å². The van der Waals surface area contributed by atoms with E-state index >= 15 is 0 Å². The molecule has 1 aliphatic rings. The van der Waals surface area contributed by atoms with Gasteiger partial charge in [-0.2, -0.15) is 5.26 Å². The predicted octanol–water partition coefficient (Wildman–Crippen LogP) is 2.82. The van der Waals surface area contributed by atoms with Crippen molar-refractivity contribution in [3.05, 3.63) is 35.9 Å². The number of benzene rings is 1. The van der Waals surface area contributed by atoms with Gasteiger partial charge in [0.05, 0.1) is 24.5 Å². The van der Waals surface area contributed by atoms with Crippen LogP contribution >= 0.6 is 0 Å². The SMILES string of the molecule is CCOC(=O)[C@@H]1[C@@H](C#N)CC[C@H]1NC(C)c1ccccc1. The molecule has 1 saturated carbocycles. The maximum absolute atomic E-state index is 12.1. The molecule has 0 amide bonds. The number of carbonyl (C=O) groups is 1. The summed E-state index contributed by atoms with van der Waals surface area (Å²) in [7, 11) is 0. The molecule has 0 aliphatic heterocycles. The molecule has 1 unspecified atom stereocenters. The molecule has 1 aromatic carbocycles. The molecule has 1 fully saturated rings. The fourth-order valence-electron chi connectivity index (χ4n) is 3.06. The third-order valence-corrected chi connectivity index (χ3v) is 4.14. The average molecular weight is 286 g/mol. The van der Waals surface area contributed by atoms with Crippen LogP contribution in [0.5, 0.6) is 0 Å². The van der Waals surface area contributed by atoms with Crippen molar-refractivity contribution in [1.29, 1.82) is 5.26 Å². The van der Waals surface area contributed by atoms with Crippen molar-refractivity contribution in [3.63, 3.8) is 0 Å². The van der Waals surface area contributed by atoms with E-state index < -0.39 is 0 Å². The van der Waals surface area contributed by atoms with Gasteiger partial charge in [0, 0.05) is 12.1 Å². The number of hydrogen-bond donors (Lipinski definition) is 1. The van der Waals surface area contributed by atoms with Crippen molar-refractivity contribution in [2.75, 3.05) is 6.61 Å². The molecule has 1 N–H and O–H groups in total. The van der Waals surface area contributed by atoms with Crippen molar-refractivity contribution in [1.82, 2.24) is 5.32 Å². The highest BCUT2D eigenvalue weighted by Crippen LogP contribution is 2.34. The van der Waals surface area contributed by atoms with Crippen LogP contribution in [-0.4, -0.2) is 18.6 Å². The predicted molar refractivity (Wildman–Crippen MR) is 80.2 cm³/mol. The molecule has 0 aromatic heterocycles. The lowest BCUT2D eigenvalue weighted by Crippen LogP contribution is -2.40. The van der Waals surface area contributed by atoms with E-state index in [0.717, 1.165) is 12.8 Å². The number of nitriles is 1. The fraction of sp³-hybridized carbons (Fsp3) is 0.529. The van der Waals surface area contributed by atoms with Crippen LogP contribution in [-0.2, 0) is 9.53 Å². The molecule has 1 aromatic rings. The largest absolute Gasteiger partial charge is 0.466 e. The molecule has 0 radical (unpaired) electrons. The molecule has 4 atom stereocenters. The van der Waals surface area contributed by atoms with Crippen molar-refractivity contribution < 1.29 is 9.53 Å². The van der Waals surface area contributed by atoms with E-state index in [0.29, 0.717) is 6.61 Å². The Hall–Kier alpha value is -1.86. The summed E-state index contributed by atoms with van der Waals surface area (Å²) in [4.78, 5) is 12.1. The van der Waals surface area contributed by atoms with Gasteiger partial charge in [-0.25, -0.2) is 0 Å². The standard InChI is InChI=1S/C17H22N2O2/c1-3-21-17(20)16-14(11-18)9-10-15(16)19-12(2)13-7-5-4-6-8-13/h4-8,12,14-16,19H,3,9-10H2,1-2H3/t12?,14-,15-,16-/m1/s1. The maximum atomic E-state index is 12.1. The van der Waals surface area contributed by atoms with Crippen LogP contribution < -0.4 is 5.32 Å². The van der Waals surface area contributed by atoms with Gasteiger partial charge in [0.25, 0.3) is 0 Å². The third kappa shape index (κ3) is 3.62. The average Bonchev–Trinajstić information content (AvgIpc) is 2.91. The zero-order valence-electron chi connectivity index (χ0n) is 12.6. The number of nitrogens with one attached hydrogen (secondary N) is 1. The van der Waals surface area contributed by atoms with E-state index in [9.17, 15) is 10.1 Å². The number of carbonyl (C=O) groups excluding carboxylic acids is 1. The van der Waals surface area contributed by atoms with Crippen molar-refractivity contribution >= 4 is 5.97 Å². The van der Waals surface area contributed by atoms with Gasteiger partial charge in [-0.1, -0.05) is 30.3 Å². The highest BCUT2D eigenvalue weighted by molar-refractivity contribution is 5.74. The van der Waals surface area contributed by atoms with Crippen LogP contribution in [0.15, 0.2) is 30.3 Å². The second kappa shape index (κ2) is 7.24. The minimum Gasteiger partial charge on any atom is -0.466 e. The van der Waals surface area contributed by atoms with Gasteiger partial charge in [-0.05, 0) is 32.3 Å². The molecule has 4 nitrogen and oxygen atoms in total. The Kier molecular flexibility index (Phi) is 5.35. The van der Waals surface area contributed by atoms with Gasteiger partial charge in [0.1, 0.15) is 0 Å². The number of ether oxygens (including phenoxy) is 1. The lowest BCUT2D eigenvalue weighted by Gasteiger charge is -2.25. The highest BCUT2D eigenvalue weighted by Gasteiger charge is 2.42. The van der Waals surface area contributed by atoms with Crippen LogP contribution in [0.4, 0.5) is 0 Å². The zero-order chi connectivity index (χ0) is 15.2. The monoisotopic (exact) mass is 286 g/mol. The van der Waals surface area contributed by atoms with Gasteiger partial charge in [-0.15, -0.1) is 0 Å². The summed E-state index contributed by atoms with van der Waals surface area (Å²) in [5, 5.41) is 12.7. The minimum atomic E-state index is -0.360. The van der Waals surface area contributed by atoms with E-state index in [1.165, 1.54) is 5.56 Å². The van der Waals surface area contributed by atoms with Gasteiger partial charge >= 0.3 is 5.97 Å². The van der Waals surface area contributed by atoms with E-state index in [4.69, 9.17) is 4.74 Å². The summed E-state index contributed by atoms with van der Waals surface area (Å²) in [6.07, 6.45) is 1.58. The first-order valence-corrected chi connectivity index (χ1v) is 7.54. The second-order valence-corrected chi connectivity index (χ2v) is 5.50. The van der Waals surface area contributed by atoms with E-state index in [1.807, 2.05) is 18.2 Å². The van der Waals surface area contributed by atoms with Crippen molar-refractivity contribution in [3.8, 4) is 6.07 Å². The van der Waals surface area contributed by atoms with Crippen LogP contribution in [0.2, 0.25) is 0 Å². The summed E-state index contributed by atoms with van der Waals surface area (Å²) in [5.74, 6) is -0.857. The molecule has 0 bridgehead atoms. The Balaban J connectivity index is 2.07. The van der Waals surface area contributed by atoms with Gasteiger partial charge in [0.15, 0.2) is 0 Å². The Morgan fingerprint density at radius 3 is 2.76 bits per heavy atom. The van der Waals surface area contributed by atoms with Crippen molar-refractivity contribution in [2.24, 2.45) is 11.8 Å². The van der Waals surface area contributed by atoms with Gasteiger partial charge in [-0.3, -0.25) is 4.79 Å². The first-order chi connectivity index (χ1) is 10.2. The van der Waals surface area contributed by atoms with Crippen LogP contribution in [0.3, 0.4) is 0 Å². The lowest BCUT2D eigenvalue weighted by molar-refractivity contribution is -0.149. The number of nitrogens with zero attached hydrogens (tertiary/aromatic N) is 1. The normalized spacial score (nSPS) is 26.0. The molecular weight excluding hydrogens is 264 g/mol. The Labute approximate surface area is 126 Å². The molecule has 112 valence electrons. The van der Waals surface area contributed by atoms with E-state index in [1.54, 1.807) is 6.92 Å². The molecule has 0 heterocycles. The topological polar surface area (TPSA) is 62.1 Å². The maximum Gasteiger partial charge on any atom is 0.311 e. The molecule has 0 spiro atoms. The number of hydrogen-bond acceptors (Lipinski definition) is 4. The summed E-state index contributed by atoms with van der Waals surface area (Å²) in [6, 6.07) is 12.5. The molecular formula is C17H22N2O2. The van der Waals surface area contributed by atoms with Crippen LogP contribution in [0.25, 0.3) is 0 Å². The molecule has 4 heteroatoms. The number of rotatable bonds is 5.